The van der Waals surface area contributed by atoms with Gasteiger partial charge in [0.2, 0.25) is 4.77 Å². The summed E-state index contributed by atoms with van der Waals surface area (Å²) in [6.45, 7) is 5.81. The van der Waals surface area contributed by atoms with Gasteiger partial charge >= 0.3 is 0 Å². The highest BCUT2D eigenvalue weighted by Crippen LogP contribution is 2.24. The van der Waals surface area contributed by atoms with Crippen molar-refractivity contribution >= 4 is 12.2 Å². The average molecular weight is 270 g/mol. The van der Waals surface area contributed by atoms with Gasteiger partial charge < -0.3 is 9.64 Å². The van der Waals surface area contributed by atoms with E-state index in [-0.39, 0.29) is 6.04 Å². The summed E-state index contributed by atoms with van der Waals surface area (Å²) < 4.78 is 7.99. The second-order valence-electron chi connectivity index (χ2n) is 4.96. The van der Waals surface area contributed by atoms with Gasteiger partial charge in [-0.15, -0.1) is 0 Å². The molecule has 18 heavy (non-hydrogen) atoms. The van der Waals surface area contributed by atoms with Crippen molar-refractivity contribution in [2.45, 2.75) is 12.1 Å². The van der Waals surface area contributed by atoms with Gasteiger partial charge in [-0.05, 0) is 19.3 Å². The number of H-pyrrole nitrogens is 1. The normalized spacial score (nSPS) is 30.9. The maximum Gasteiger partial charge on any atom is 0.238 e. The number of rotatable bonds is 2. The molecule has 7 nitrogen and oxygen atoms in total. The first-order valence-corrected chi connectivity index (χ1v) is 6.66. The van der Waals surface area contributed by atoms with Gasteiger partial charge in [0.15, 0.2) is 0 Å². The van der Waals surface area contributed by atoms with Crippen molar-refractivity contribution in [3.63, 3.8) is 0 Å². The van der Waals surface area contributed by atoms with E-state index in [1.807, 2.05) is 4.68 Å². The van der Waals surface area contributed by atoms with E-state index in [0.717, 1.165) is 32.8 Å². The zero-order valence-corrected chi connectivity index (χ0v) is 11.3. The van der Waals surface area contributed by atoms with Crippen LogP contribution in [-0.4, -0.2) is 82.5 Å². The number of aromatic amines is 1. The van der Waals surface area contributed by atoms with E-state index >= 15 is 0 Å². The standard InChI is InChI=1S/C10H18N6OS/c1-14-2-4-15(5-3-14)8-6-17-7-9(8)16-10(18)11-12-13-16/h8-9H,2-7H2,1H3,(H,11,13,18). The molecule has 3 heterocycles. The summed E-state index contributed by atoms with van der Waals surface area (Å²) in [4.78, 5) is 4.84. The molecule has 0 saturated carbocycles. The third-order valence-electron chi connectivity index (χ3n) is 3.85. The van der Waals surface area contributed by atoms with Crippen LogP contribution >= 0.6 is 12.2 Å². The van der Waals surface area contributed by atoms with E-state index in [1.165, 1.54) is 0 Å². The number of hydrogen-bond donors (Lipinski definition) is 1. The summed E-state index contributed by atoms with van der Waals surface area (Å²) in [7, 11) is 2.16. The summed E-state index contributed by atoms with van der Waals surface area (Å²) in [6, 6.07) is 0.573. The first-order chi connectivity index (χ1) is 8.75. The molecule has 1 N–H and O–H groups in total. The number of nitrogens with zero attached hydrogens (tertiary/aromatic N) is 5. The minimum atomic E-state index is 0.205. The summed E-state index contributed by atoms with van der Waals surface area (Å²) in [5, 5.41) is 10.5. The van der Waals surface area contributed by atoms with E-state index in [0.29, 0.717) is 17.4 Å². The van der Waals surface area contributed by atoms with Crippen LogP contribution in [0.4, 0.5) is 0 Å². The Hall–Kier alpha value is -0.830. The Bertz CT molecular complexity index is 451. The second kappa shape index (κ2) is 5.04. The van der Waals surface area contributed by atoms with Crippen molar-refractivity contribution in [1.82, 2.24) is 30.0 Å². The fourth-order valence-corrected chi connectivity index (χ4v) is 2.92. The summed E-state index contributed by atoms with van der Waals surface area (Å²) in [5.41, 5.74) is 0. The lowest BCUT2D eigenvalue weighted by Gasteiger charge is -2.37. The number of nitrogens with one attached hydrogen (secondary N) is 1. The van der Waals surface area contributed by atoms with E-state index in [9.17, 15) is 0 Å². The van der Waals surface area contributed by atoms with Crippen molar-refractivity contribution in [1.29, 1.82) is 0 Å². The molecule has 3 rings (SSSR count). The molecule has 0 aliphatic carbocycles. The molecule has 2 aliphatic heterocycles. The molecule has 8 heteroatoms. The van der Waals surface area contributed by atoms with E-state index in [1.54, 1.807) is 0 Å². The molecule has 2 unspecified atom stereocenters. The Balaban J connectivity index is 1.75. The van der Waals surface area contributed by atoms with Gasteiger partial charge in [0.1, 0.15) is 0 Å². The van der Waals surface area contributed by atoms with E-state index in [4.69, 9.17) is 17.0 Å². The third kappa shape index (κ3) is 2.20. The SMILES string of the molecule is CN1CCN(C2COCC2n2[nH]nnc2=S)CC1. The second-order valence-corrected chi connectivity index (χ2v) is 5.33. The van der Waals surface area contributed by atoms with Crippen LogP contribution in [-0.2, 0) is 4.74 Å². The monoisotopic (exact) mass is 270 g/mol. The fraction of sp³-hybridized carbons (Fsp3) is 0.900. The molecule has 0 bridgehead atoms. The quantitative estimate of drug-likeness (QED) is 0.733. The van der Waals surface area contributed by atoms with Crippen LogP contribution < -0.4 is 0 Å². The minimum absolute atomic E-state index is 0.205. The lowest BCUT2D eigenvalue weighted by atomic mass is 10.1. The Labute approximate surface area is 111 Å². The van der Waals surface area contributed by atoms with Crippen molar-refractivity contribution in [2.24, 2.45) is 0 Å². The minimum Gasteiger partial charge on any atom is -0.377 e. The number of aromatic nitrogens is 4. The lowest BCUT2D eigenvalue weighted by molar-refractivity contribution is 0.0871. The van der Waals surface area contributed by atoms with Crippen LogP contribution in [0.2, 0.25) is 0 Å². The highest BCUT2D eigenvalue weighted by Gasteiger charge is 2.36. The number of ether oxygens (including phenoxy) is 1. The zero-order valence-electron chi connectivity index (χ0n) is 10.4. The number of piperazine rings is 1. The van der Waals surface area contributed by atoms with Crippen LogP contribution in [0.3, 0.4) is 0 Å². The molecule has 2 aliphatic rings. The predicted octanol–water partition coefficient (Wildman–Crippen LogP) is -0.477. The Kier molecular flexibility index (Phi) is 3.42. The van der Waals surface area contributed by atoms with Gasteiger partial charge in [-0.3, -0.25) is 4.90 Å². The largest absolute Gasteiger partial charge is 0.377 e. The van der Waals surface area contributed by atoms with Gasteiger partial charge in [0, 0.05) is 26.2 Å². The molecule has 0 amide bonds. The van der Waals surface area contributed by atoms with E-state index < -0.39 is 0 Å². The Morgan fingerprint density at radius 2 is 1.94 bits per heavy atom. The van der Waals surface area contributed by atoms with Crippen molar-refractivity contribution in [2.75, 3.05) is 46.4 Å². The molecule has 2 saturated heterocycles. The third-order valence-corrected chi connectivity index (χ3v) is 4.13. The molecule has 0 spiro atoms. The lowest BCUT2D eigenvalue weighted by Crippen LogP contribution is -2.51. The summed E-state index contributed by atoms with van der Waals surface area (Å²) in [6.07, 6.45) is 0. The maximum atomic E-state index is 5.63. The van der Waals surface area contributed by atoms with E-state index in [2.05, 4.69) is 32.4 Å². The predicted molar refractivity (Wildman–Crippen MR) is 67.9 cm³/mol. The summed E-state index contributed by atoms with van der Waals surface area (Å²) in [5.74, 6) is 0. The van der Waals surface area contributed by atoms with Gasteiger partial charge in [-0.25, -0.2) is 4.68 Å². The van der Waals surface area contributed by atoms with Gasteiger partial charge in [0.05, 0.1) is 25.3 Å². The molecule has 0 radical (unpaired) electrons. The molecule has 0 aromatic carbocycles. The van der Waals surface area contributed by atoms with Crippen LogP contribution in [0.5, 0.6) is 0 Å². The average Bonchev–Trinajstić information content (AvgIpc) is 2.98. The first-order valence-electron chi connectivity index (χ1n) is 6.25. The fourth-order valence-electron chi connectivity index (χ4n) is 2.70. The Morgan fingerprint density at radius 3 is 2.61 bits per heavy atom. The smallest absolute Gasteiger partial charge is 0.238 e. The van der Waals surface area contributed by atoms with Crippen LogP contribution in [0.1, 0.15) is 6.04 Å². The van der Waals surface area contributed by atoms with Crippen molar-refractivity contribution in [3.8, 4) is 0 Å². The zero-order chi connectivity index (χ0) is 12.5. The van der Waals surface area contributed by atoms with Gasteiger partial charge in [-0.1, -0.05) is 10.3 Å². The molecule has 1 aromatic heterocycles. The van der Waals surface area contributed by atoms with Crippen molar-refractivity contribution < 1.29 is 4.74 Å². The van der Waals surface area contributed by atoms with Gasteiger partial charge in [-0.2, -0.15) is 5.21 Å². The topological polar surface area (TPSA) is 62.2 Å². The summed E-state index contributed by atoms with van der Waals surface area (Å²) >= 11 is 5.17. The number of tetrazole rings is 1. The first kappa shape index (κ1) is 12.2. The molecule has 2 fully saturated rings. The van der Waals surface area contributed by atoms with Crippen LogP contribution in [0.15, 0.2) is 0 Å². The highest BCUT2D eigenvalue weighted by atomic mass is 32.1. The maximum absolute atomic E-state index is 5.63. The molecular weight excluding hydrogens is 252 g/mol. The molecule has 100 valence electrons. The Morgan fingerprint density at radius 1 is 1.22 bits per heavy atom. The molecule has 2 atom stereocenters. The number of hydrogen-bond acceptors (Lipinski definition) is 6. The highest BCUT2D eigenvalue weighted by molar-refractivity contribution is 7.71. The van der Waals surface area contributed by atoms with Crippen molar-refractivity contribution in [3.05, 3.63) is 4.77 Å². The van der Waals surface area contributed by atoms with Gasteiger partial charge in [0.25, 0.3) is 0 Å². The van der Waals surface area contributed by atoms with Crippen LogP contribution in [0, 0.1) is 4.77 Å². The molecule has 1 aromatic rings. The number of likely N-dealkylation sites (N-methyl/N-ethyl adjacent to an activating group) is 1. The molecular formula is C10H18N6OS. The van der Waals surface area contributed by atoms with Crippen LogP contribution in [0.25, 0.3) is 0 Å².